The van der Waals surface area contributed by atoms with Gasteiger partial charge in [0.15, 0.2) is 0 Å². The van der Waals surface area contributed by atoms with Crippen molar-refractivity contribution >= 4 is 33.2 Å². The van der Waals surface area contributed by atoms with Gasteiger partial charge in [-0.15, -0.1) is 0 Å². The number of anilines is 1. The number of carbonyl (C=O) groups excluding carboxylic acids is 1. The van der Waals surface area contributed by atoms with Gasteiger partial charge in [0.2, 0.25) is 15.9 Å². The van der Waals surface area contributed by atoms with E-state index in [-0.39, 0.29) is 16.7 Å². The van der Waals surface area contributed by atoms with Crippen LogP contribution in [0.2, 0.25) is 5.02 Å². The number of benzene rings is 2. The Bertz CT molecular complexity index is 892. The molecule has 1 amide bonds. The Labute approximate surface area is 159 Å². The zero-order chi connectivity index (χ0) is 18.7. The van der Waals surface area contributed by atoms with Crippen LogP contribution in [-0.2, 0) is 14.8 Å². The Hall–Kier alpha value is -1.89. The molecule has 1 saturated heterocycles. The molecule has 26 heavy (non-hydrogen) atoms. The zero-order valence-corrected chi connectivity index (χ0v) is 16.1. The highest BCUT2D eigenvalue weighted by atomic mass is 35.5. The Balaban J connectivity index is 1.66. The summed E-state index contributed by atoms with van der Waals surface area (Å²) in [5.74, 6) is -0.255. The van der Waals surface area contributed by atoms with Crippen LogP contribution in [0.5, 0.6) is 0 Å². The van der Waals surface area contributed by atoms with Crippen LogP contribution in [0.1, 0.15) is 18.4 Å². The molecule has 1 heterocycles. The molecule has 1 aliphatic rings. The monoisotopic (exact) mass is 392 g/mol. The maximum Gasteiger partial charge on any atom is 0.243 e. The van der Waals surface area contributed by atoms with E-state index >= 15 is 0 Å². The Kier molecular flexibility index (Phi) is 5.65. The van der Waals surface area contributed by atoms with Crippen molar-refractivity contribution < 1.29 is 13.2 Å². The highest BCUT2D eigenvalue weighted by molar-refractivity contribution is 7.89. The summed E-state index contributed by atoms with van der Waals surface area (Å²) in [5.41, 5.74) is 1.42. The standard InChI is InChI=1S/C19H21ClN2O3S/c1-14-7-8-16(20)13-18(14)26(24,25)22-11-9-15(10-12-22)19(23)21-17-5-3-2-4-6-17/h2-8,13,15H,9-12H2,1H3,(H,21,23). The third-order valence-corrected chi connectivity index (χ3v) is 6.91. The lowest BCUT2D eigenvalue weighted by atomic mass is 9.97. The van der Waals surface area contributed by atoms with Crippen molar-refractivity contribution in [3.05, 3.63) is 59.1 Å². The van der Waals surface area contributed by atoms with Gasteiger partial charge in [0.1, 0.15) is 0 Å². The van der Waals surface area contributed by atoms with Gasteiger partial charge in [0, 0.05) is 29.7 Å². The van der Waals surface area contributed by atoms with Crippen molar-refractivity contribution in [3.8, 4) is 0 Å². The summed E-state index contributed by atoms with van der Waals surface area (Å²) in [5, 5.41) is 3.28. The third-order valence-electron chi connectivity index (χ3n) is 4.63. The molecule has 0 spiro atoms. The molecule has 138 valence electrons. The minimum atomic E-state index is -3.61. The molecule has 0 radical (unpaired) electrons. The van der Waals surface area contributed by atoms with Gasteiger partial charge >= 0.3 is 0 Å². The maximum atomic E-state index is 12.9. The summed E-state index contributed by atoms with van der Waals surface area (Å²) < 4.78 is 27.2. The molecule has 0 bridgehead atoms. The molecule has 1 aliphatic heterocycles. The van der Waals surface area contributed by atoms with Crippen LogP contribution in [0.15, 0.2) is 53.4 Å². The molecule has 0 aromatic heterocycles. The number of nitrogens with zero attached hydrogens (tertiary/aromatic N) is 1. The molecule has 0 saturated carbocycles. The summed E-state index contributed by atoms with van der Waals surface area (Å²) in [6.07, 6.45) is 0.995. The lowest BCUT2D eigenvalue weighted by Crippen LogP contribution is -2.41. The highest BCUT2D eigenvalue weighted by Gasteiger charge is 2.32. The van der Waals surface area contributed by atoms with E-state index in [0.29, 0.717) is 36.5 Å². The summed E-state index contributed by atoms with van der Waals surface area (Å²) in [6, 6.07) is 14.1. The van der Waals surface area contributed by atoms with E-state index in [1.54, 1.807) is 19.1 Å². The Morgan fingerprint density at radius 1 is 1.12 bits per heavy atom. The predicted molar refractivity (Wildman–Crippen MR) is 103 cm³/mol. The van der Waals surface area contributed by atoms with E-state index in [1.807, 2.05) is 30.3 Å². The van der Waals surface area contributed by atoms with E-state index in [2.05, 4.69) is 5.32 Å². The van der Waals surface area contributed by atoms with Crippen LogP contribution >= 0.6 is 11.6 Å². The lowest BCUT2D eigenvalue weighted by Gasteiger charge is -2.31. The average molecular weight is 393 g/mol. The number of hydrogen-bond donors (Lipinski definition) is 1. The van der Waals surface area contributed by atoms with Gasteiger partial charge in [-0.1, -0.05) is 35.9 Å². The van der Waals surface area contributed by atoms with Crippen molar-refractivity contribution in [1.29, 1.82) is 0 Å². The van der Waals surface area contributed by atoms with Crippen LogP contribution in [0.4, 0.5) is 5.69 Å². The fourth-order valence-electron chi connectivity index (χ4n) is 3.12. The van der Waals surface area contributed by atoms with Gasteiger partial charge < -0.3 is 5.32 Å². The van der Waals surface area contributed by atoms with Crippen LogP contribution in [0.3, 0.4) is 0 Å². The number of aryl methyl sites for hydroxylation is 1. The van der Waals surface area contributed by atoms with Crippen molar-refractivity contribution in [2.24, 2.45) is 5.92 Å². The normalized spacial score (nSPS) is 16.4. The molecule has 5 nitrogen and oxygen atoms in total. The second-order valence-electron chi connectivity index (χ2n) is 6.44. The number of sulfonamides is 1. The van der Waals surface area contributed by atoms with Crippen LogP contribution in [0, 0.1) is 12.8 Å². The van der Waals surface area contributed by atoms with Gasteiger partial charge in [-0.05, 0) is 49.6 Å². The van der Waals surface area contributed by atoms with Crippen molar-refractivity contribution in [2.45, 2.75) is 24.7 Å². The quantitative estimate of drug-likeness (QED) is 0.862. The number of carbonyl (C=O) groups is 1. The van der Waals surface area contributed by atoms with Crippen LogP contribution in [0.25, 0.3) is 0 Å². The number of nitrogens with one attached hydrogen (secondary N) is 1. The minimum absolute atomic E-state index is 0.0628. The largest absolute Gasteiger partial charge is 0.326 e. The summed E-state index contributed by atoms with van der Waals surface area (Å²) in [6.45, 7) is 2.39. The number of piperidine rings is 1. The number of halogens is 1. The number of para-hydroxylation sites is 1. The van der Waals surface area contributed by atoms with Crippen LogP contribution in [-0.4, -0.2) is 31.7 Å². The Morgan fingerprint density at radius 3 is 2.42 bits per heavy atom. The van der Waals surface area contributed by atoms with E-state index in [4.69, 9.17) is 11.6 Å². The lowest BCUT2D eigenvalue weighted by molar-refractivity contribution is -0.120. The molecular weight excluding hydrogens is 372 g/mol. The first-order valence-electron chi connectivity index (χ1n) is 8.50. The van der Waals surface area contributed by atoms with Crippen molar-refractivity contribution in [1.82, 2.24) is 4.31 Å². The van der Waals surface area contributed by atoms with Gasteiger partial charge in [-0.2, -0.15) is 4.31 Å². The number of amides is 1. The molecule has 2 aromatic carbocycles. The van der Waals surface area contributed by atoms with Crippen molar-refractivity contribution in [3.63, 3.8) is 0 Å². The molecular formula is C19H21ClN2O3S. The van der Waals surface area contributed by atoms with E-state index in [9.17, 15) is 13.2 Å². The molecule has 0 atom stereocenters. The topological polar surface area (TPSA) is 66.5 Å². The second-order valence-corrected chi connectivity index (χ2v) is 8.79. The minimum Gasteiger partial charge on any atom is -0.326 e. The van der Waals surface area contributed by atoms with Gasteiger partial charge in [-0.3, -0.25) is 4.79 Å². The summed E-state index contributed by atoms with van der Waals surface area (Å²) >= 11 is 5.97. The molecule has 0 aliphatic carbocycles. The zero-order valence-electron chi connectivity index (χ0n) is 14.5. The highest BCUT2D eigenvalue weighted by Crippen LogP contribution is 2.28. The predicted octanol–water partition coefficient (Wildman–Crippen LogP) is 3.69. The SMILES string of the molecule is Cc1ccc(Cl)cc1S(=O)(=O)N1CCC(C(=O)Nc2ccccc2)CC1. The summed E-state index contributed by atoms with van der Waals surface area (Å²) in [4.78, 5) is 12.6. The fourth-order valence-corrected chi connectivity index (χ4v) is 5.07. The van der Waals surface area contributed by atoms with Gasteiger partial charge in [-0.25, -0.2) is 8.42 Å². The molecule has 7 heteroatoms. The molecule has 0 unspecified atom stereocenters. The van der Waals surface area contributed by atoms with E-state index in [1.165, 1.54) is 10.4 Å². The van der Waals surface area contributed by atoms with Gasteiger partial charge in [0.05, 0.1) is 4.90 Å². The first kappa shape index (κ1) is 18.9. The number of hydrogen-bond acceptors (Lipinski definition) is 3. The first-order valence-corrected chi connectivity index (χ1v) is 10.3. The third kappa shape index (κ3) is 4.09. The Morgan fingerprint density at radius 2 is 1.77 bits per heavy atom. The maximum absolute atomic E-state index is 12.9. The summed E-state index contributed by atoms with van der Waals surface area (Å²) in [7, 11) is -3.61. The number of rotatable bonds is 4. The molecule has 1 fully saturated rings. The van der Waals surface area contributed by atoms with Gasteiger partial charge in [0.25, 0.3) is 0 Å². The molecule has 3 rings (SSSR count). The fraction of sp³-hybridized carbons (Fsp3) is 0.316. The smallest absolute Gasteiger partial charge is 0.243 e. The van der Waals surface area contributed by atoms with E-state index in [0.717, 1.165) is 5.69 Å². The average Bonchev–Trinajstić information content (AvgIpc) is 2.64. The molecule has 1 N–H and O–H groups in total. The van der Waals surface area contributed by atoms with E-state index < -0.39 is 10.0 Å². The van der Waals surface area contributed by atoms with Crippen molar-refractivity contribution in [2.75, 3.05) is 18.4 Å². The van der Waals surface area contributed by atoms with Crippen LogP contribution < -0.4 is 5.32 Å². The molecule has 2 aromatic rings. The first-order chi connectivity index (χ1) is 12.4. The second kappa shape index (κ2) is 7.78.